The van der Waals surface area contributed by atoms with Crippen LogP contribution in [0.15, 0.2) is 77.7 Å². The first-order valence-corrected chi connectivity index (χ1v) is 10.9. The minimum Gasteiger partial charge on any atom is -0.495 e. The molecule has 0 fully saturated rings. The van der Waals surface area contributed by atoms with Crippen molar-refractivity contribution in [1.29, 1.82) is 0 Å². The van der Waals surface area contributed by atoms with E-state index in [1.54, 1.807) is 19.1 Å². The van der Waals surface area contributed by atoms with E-state index < -0.39 is 16.1 Å². The van der Waals surface area contributed by atoms with Gasteiger partial charge in [0.1, 0.15) is 5.75 Å². The summed E-state index contributed by atoms with van der Waals surface area (Å²) in [7, 11) is -2.36. The highest BCUT2D eigenvalue weighted by molar-refractivity contribution is 7.89. The summed E-state index contributed by atoms with van der Waals surface area (Å²) >= 11 is 0. The molecule has 0 aliphatic rings. The number of rotatable bonds is 7. The number of carbonyl (C=O) groups is 1. The van der Waals surface area contributed by atoms with Crippen molar-refractivity contribution in [2.75, 3.05) is 12.4 Å². The molecule has 30 heavy (non-hydrogen) atoms. The lowest BCUT2D eigenvalue weighted by Gasteiger charge is -2.16. The fourth-order valence-electron chi connectivity index (χ4n) is 2.96. The first-order chi connectivity index (χ1) is 14.3. The van der Waals surface area contributed by atoms with Gasteiger partial charge in [0.15, 0.2) is 0 Å². The predicted octanol–water partition coefficient (Wildman–Crippen LogP) is 4.30. The zero-order chi connectivity index (χ0) is 21.7. The Balaban J connectivity index is 1.85. The molecule has 1 atom stereocenters. The first-order valence-electron chi connectivity index (χ1n) is 9.43. The molecular formula is C23H24N2O4S. The van der Waals surface area contributed by atoms with Crippen LogP contribution in [0.25, 0.3) is 0 Å². The zero-order valence-corrected chi connectivity index (χ0v) is 17.9. The van der Waals surface area contributed by atoms with Crippen LogP contribution in [-0.4, -0.2) is 21.4 Å². The third kappa shape index (κ3) is 5.06. The number of sulfonamides is 1. The van der Waals surface area contributed by atoms with E-state index in [9.17, 15) is 13.2 Å². The van der Waals surface area contributed by atoms with Crippen molar-refractivity contribution in [2.45, 2.75) is 24.8 Å². The highest BCUT2D eigenvalue weighted by atomic mass is 32.2. The maximum Gasteiger partial charge on any atom is 0.255 e. The Hall–Kier alpha value is -3.16. The number of methoxy groups -OCH3 is 1. The molecule has 3 aromatic rings. The molecular weight excluding hydrogens is 400 g/mol. The predicted molar refractivity (Wildman–Crippen MR) is 117 cm³/mol. The summed E-state index contributed by atoms with van der Waals surface area (Å²) < 4.78 is 33.7. The molecule has 2 N–H and O–H groups in total. The van der Waals surface area contributed by atoms with Crippen molar-refractivity contribution >= 4 is 21.6 Å². The first kappa shape index (κ1) is 21.5. The summed E-state index contributed by atoms with van der Waals surface area (Å²) in [6.07, 6.45) is 0. The second-order valence-corrected chi connectivity index (χ2v) is 8.65. The lowest BCUT2D eigenvalue weighted by Crippen LogP contribution is -2.27. The number of amides is 1. The number of hydrogen-bond donors (Lipinski definition) is 2. The number of carbonyl (C=O) groups excluding carboxylic acids is 1. The Bertz CT molecular complexity index is 1130. The van der Waals surface area contributed by atoms with Crippen molar-refractivity contribution in [3.63, 3.8) is 0 Å². The van der Waals surface area contributed by atoms with Gasteiger partial charge < -0.3 is 10.1 Å². The van der Waals surface area contributed by atoms with Crippen molar-refractivity contribution in [3.8, 4) is 5.75 Å². The van der Waals surface area contributed by atoms with Crippen LogP contribution in [0.2, 0.25) is 0 Å². The number of aryl methyl sites for hydroxylation is 1. The largest absolute Gasteiger partial charge is 0.495 e. The monoisotopic (exact) mass is 424 g/mol. The average Bonchev–Trinajstić information content (AvgIpc) is 2.74. The minimum atomic E-state index is -3.82. The molecule has 0 radical (unpaired) electrons. The van der Waals surface area contributed by atoms with Crippen LogP contribution >= 0.6 is 0 Å². The quantitative estimate of drug-likeness (QED) is 0.592. The molecule has 3 aromatic carbocycles. The van der Waals surface area contributed by atoms with Crippen molar-refractivity contribution < 1.29 is 17.9 Å². The van der Waals surface area contributed by atoms with Gasteiger partial charge in [-0.2, -0.15) is 0 Å². The van der Waals surface area contributed by atoms with Crippen LogP contribution < -0.4 is 14.8 Å². The Labute approximate surface area is 177 Å². The summed E-state index contributed by atoms with van der Waals surface area (Å²) in [5.74, 6) is 0.0129. The van der Waals surface area contributed by atoms with Gasteiger partial charge in [0, 0.05) is 11.6 Å². The summed E-state index contributed by atoms with van der Waals surface area (Å²) in [4.78, 5) is 12.6. The normalized spacial score (nSPS) is 12.2. The number of hydrogen-bond acceptors (Lipinski definition) is 4. The molecule has 7 heteroatoms. The number of nitrogens with one attached hydrogen (secondary N) is 2. The van der Waals surface area contributed by atoms with Gasteiger partial charge in [-0.05, 0) is 49.7 Å². The van der Waals surface area contributed by atoms with Crippen molar-refractivity contribution in [3.05, 3.63) is 89.5 Å². The average molecular weight is 425 g/mol. The Kier molecular flexibility index (Phi) is 6.54. The number of anilines is 1. The fraction of sp³-hybridized carbons (Fsp3) is 0.174. The lowest BCUT2D eigenvalue weighted by molar-refractivity contribution is 0.102. The third-order valence-electron chi connectivity index (χ3n) is 4.67. The van der Waals surface area contributed by atoms with Gasteiger partial charge in [0.25, 0.3) is 5.91 Å². The van der Waals surface area contributed by atoms with E-state index in [0.29, 0.717) is 11.3 Å². The minimum absolute atomic E-state index is 0.0327. The summed E-state index contributed by atoms with van der Waals surface area (Å²) in [5, 5.41) is 2.74. The van der Waals surface area contributed by atoms with Crippen molar-refractivity contribution in [2.24, 2.45) is 0 Å². The zero-order valence-electron chi connectivity index (χ0n) is 17.0. The van der Waals surface area contributed by atoms with Crippen LogP contribution in [0.5, 0.6) is 5.75 Å². The van der Waals surface area contributed by atoms with Gasteiger partial charge in [-0.3, -0.25) is 4.79 Å². The van der Waals surface area contributed by atoms with Gasteiger partial charge in [-0.15, -0.1) is 0 Å². The van der Waals surface area contributed by atoms with E-state index in [4.69, 9.17) is 4.74 Å². The van der Waals surface area contributed by atoms with E-state index >= 15 is 0 Å². The summed E-state index contributed by atoms with van der Waals surface area (Å²) in [6.45, 7) is 3.71. The third-order valence-corrected chi connectivity index (χ3v) is 6.21. The standard InChI is InChI=1S/C23H24N2O4S/c1-16-9-11-19(12-10-16)23(26)24-21-15-20(13-14-22(21)29-3)30(27,28)25-17(2)18-7-5-4-6-8-18/h4-15,17,25H,1-3H3,(H,24,26)/t17-/m1/s1. The van der Waals surface area contributed by atoms with Crippen LogP contribution in [-0.2, 0) is 10.0 Å². The Morgan fingerprint density at radius 2 is 1.63 bits per heavy atom. The van der Waals surface area contributed by atoms with E-state index in [1.807, 2.05) is 49.4 Å². The molecule has 1 amide bonds. The topological polar surface area (TPSA) is 84.5 Å². The molecule has 0 bridgehead atoms. The molecule has 0 spiro atoms. The second kappa shape index (κ2) is 9.11. The molecule has 0 heterocycles. The van der Waals surface area contributed by atoms with E-state index in [-0.39, 0.29) is 16.5 Å². The number of benzene rings is 3. The summed E-state index contributed by atoms with van der Waals surface area (Å²) in [5.41, 5.74) is 2.63. The molecule has 0 aromatic heterocycles. The van der Waals surface area contributed by atoms with Gasteiger partial charge in [0.2, 0.25) is 10.0 Å². The van der Waals surface area contributed by atoms with Gasteiger partial charge in [-0.25, -0.2) is 13.1 Å². The molecule has 6 nitrogen and oxygen atoms in total. The van der Waals surface area contributed by atoms with Gasteiger partial charge in [-0.1, -0.05) is 48.0 Å². The van der Waals surface area contributed by atoms with E-state index in [1.165, 1.54) is 25.3 Å². The molecule has 0 saturated carbocycles. The fourth-order valence-corrected chi connectivity index (χ4v) is 4.22. The second-order valence-electron chi connectivity index (χ2n) is 6.94. The number of ether oxygens (including phenoxy) is 1. The molecule has 0 aliphatic carbocycles. The van der Waals surface area contributed by atoms with Crippen LogP contribution in [0.3, 0.4) is 0 Å². The lowest BCUT2D eigenvalue weighted by atomic mass is 10.1. The van der Waals surface area contributed by atoms with Crippen molar-refractivity contribution in [1.82, 2.24) is 4.72 Å². The smallest absolute Gasteiger partial charge is 0.255 e. The highest BCUT2D eigenvalue weighted by Gasteiger charge is 2.21. The van der Waals surface area contributed by atoms with E-state index in [2.05, 4.69) is 10.0 Å². The SMILES string of the molecule is COc1ccc(S(=O)(=O)N[C@H](C)c2ccccc2)cc1NC(=O)c1ccc(C)cc1. The molecule has 0 aliphatic heterocycles. The molecule has 0 saturated heterocycles. The highest BCUT2D eigenvalue weighted by Crippen LogP contribution is 2.29. The summed E-state index contributed by atoms with van der Waals surface area (Å²) in [6, 6.07) is 20.3. The Morgan fingerprint density at radius 1 is 0.967 bits per heavy atom. The van der Waals surface area contributed by atoms with E-state index in [0.717, 1.165) is 11.1 Å². The maximum atomic E-state index is 12.9. The maximum absolute atomic E-state index is 12.9. The van der Waals surface area contributed by atoms with Gasteiger partial charge >= 0.3 is 0 Å². The molecule has 3 rings (SSSR count). The van der Waals surface area contributed by atoms with Crippen LogP contribution in [0, 0.1) is 6.92 Å². The molecule has 156 valence electrons. The molecule has 0 unspecified atom stereocenters. The van der Waals surface area contributed by atoms with Crippen LogP contribution in [0.1, 0.15) is 34.5 Å². The van der Waals surface area contributed by atoms with Crippen LogP contribution in [0.4, 0.5) is 5.69 Å². The Morgan fingerprint density at radius 3 is 2.27 bits per heavy atom. The van der Waals surface area contributed by atoms with Gasteiger partial charge in [0.05, 0.1) is 17.7 Å².